The van der Waals surface area contributed by atoms with Crippen molar-refractivity contribution in [1.82, 2.24) is 0 Å². The summed E-state index contributed by atoms with van der Waals surface area (Å²) in [6.45, 7) is 13.3. The Labute approximate surface area is 92.6 Å². The molecule has 0 fully saturated rings. The van der Waals surface area contributed by atoms with E-state index >= 15 is 0 Å². The van der Waals surface area contributed by atoms with E-state index < -0.39 is 0 Å². The molecule has 0 heterocycles. The maximum atomic E-state index is 11.1. The van der Waals surface area contributed by atoms with Crippen LogP contribution < -0.4 is 0 Å². The van der Waals surface area contributed by atoms with Crippen LogP contribution in [0.3, 0.4) is 0 Å². The number of thioether (sulfide) groups is 1. The first-order valence-electron chi connectivity index (χ1n) is 5.64. The Morgan fingerprint density at radius 2 is 1.57 bits per heavy atom. The number of rotatable bonds is 7. The molecule has 0 N–H and O–H groups in total. The molecule has 2 nitrogen and oxygen atoms in total. The van der Waals surface area contributed by atoms with Crippen molar-refractivity contribution >= 4 is 16.9 Å². The molecule has 0 aromatic heterocycles. The van der Waals surface area contributed by atoms with Gasteiger partial charge in [0.25, 0.3) is 0 Å². The smallest absolute Gasteiger partial charge is 0.188 e. The molecule has 0 saturated carbocycles. The van der Waals surface area contributed by atoms with Gasteiger partial charge in [0, 0.05) is 6.42 Å². The zero-order chi connectivity index (χ0) is 11.0. The molecule has 14 heavy (non-hydrogen) atoms. The van der Waals surface area contributed by atoms with Crippen molar-refractivity contribution in [2.24, 2.45) is 0 Å². The van der Waals surface area contributed by atoms with Crippen LogP contribution in [0.1, 0.15) is 34.1 Å². The molecule has 0 amide bonds. The maximum Gasteiger partial charge on any atom is 0.188 e. The zero-order valence-electron chi connectivity index (χ0n) is 10.0. The van der Waals surface area contributed by atoms with Crippen LogP contribution >= 0.6 is 11.8 Å². The molecule has 0 bridgehead atoms. The van der Waals surface area contributed by atoms with E-state index in [9.17, 15) is 4.79 Å². The number of hydrogen-bond acceptors (Lipinski definition) is 2. The minimum atomic E-state index is 0.325. The van der Waals surface area contributed by atoms with Crippen molar-refractivity contribution in [2.75, 3.05) is 31.9 Å². The van der Waals surface area contributed by atoms with Crippen LogP contribution in [0.25, 0.3) is 0 Å². The Bertz CT molecular complexity index is 158. The lowest BCUT2D eigenvalue weighted by atomic mass is 10.3. The quantitative estimate of drug-likeness (QED) is 0.611. The Kier molecular flexibility index (Phi) is 7.28. The second-order valence-electron chi connectivity index (χ2n) is 3.59. The number of quaternary nitrogens is 1. The summed E-state index contributed by atoms with van der Waals surface area (Å²) in [4.78, 5) is 11.1. The number of carbonyl (C=O) groups excluding carboxylic acids is 1. The van der Waals surface area contributed by atoms with Crippen LogP contribution in [-0.2, 0) is 4.79 Å². The Morgan fingerprint density at radius 3 is 1.93 bits per heavy atom. The molecule has 0 aliphatic rings. The fraction of sp³-hybridized carbons (Fsp3) is 0.909. The number of hydrogen-bond donors (Lipinski definition) is 0. The van der Waals surface area contributed by atoms with E-state index in [1.165, 1.54) is 31.4 Å². The van der Waals surface area contributed by atoms with Crippen LogP contribution in [0.2, 0.25) is 0 Å². The lowest BCUT2D eigenvalue weighted by Crippen LogP contribution is -2.49. The average molecular weight is 218 g/mol. The minimum absolute atomic E-state index is 0.325. The van der Waals surface area contributed by atoms with Gasteiger partial charge in [-0.15, -0.1) is 0 Å². The summed E-state index contributed by atoms with van der Waals surface area (Å²) < 4.78 is 1.14. The van der Waals surface area contributed by atoms with Crippen molar-refractivity contribution in [3.63, 3.8) is 0 Å². The highest BCUT2D eigenvalue weighted by molar-refractivity contribution is 8.13. The second kappa shape index (κ2) is 7.30. The van der Waals surface area contributed by atoms with Gasteiger partial charge in [-0.1, -0.05) is 18.7 Å². The molecular weight excluding hydrogens is 194 g/mol. The first-order valence-corrected chi connectivity index (χ1v) is 6.63. The van der Waals surface area contributed by atoms with Crippen molar-refractivity contribution in [2.45, 2.75) is 34.1 Å². The van der Waals surface area contributed by atoms with Crippen molar-refractivity contribution < 1.29 is 9.28 Å². The fourth-order valence-corrected chi connectivity index (χ4v) is 2.51. The highest BCUT2D eigenvalue weighted by Gasteiger charge is 2.20. The van der Waals surface area contributed by atoms with Gasteiger partial charge in [0.15, 0.2) is 5.12 Å². The molecule has 0 spiro atoms. The third kappa shape index (κ3) is 4.47. The molecule has 0 aromatic carbocycles. The van der Waals surface area contributed by atoms with Crippen molar-refractivity contribution in [3.8, 4) is 0 Å². The normalized spacial score (nSPS) is 11.7. The monoisotopic (exact) mass is 218 g/mol. The topological polar surface area (TPSA) is 17.1 Å². The third-order valence-electron chi connectivity index (χ3n) is 3.13. The van der Waals surface area contributed by atoms with E-state index in [0.29, 0.717) is 11.5 Å². The zero-order valence-corrected chi connectivity index (χ0v) is 10.8. The summed E-state index contributed by atoms with van der Waals surface area (Å²) in [5.41, 5.74) is 0. The molecule has 3 heteroatoms. The highest BCUT2D eigenvalue weighted by atomic mass is 32.2. The predicted molar refractivity (Wildman–Crippen MR) is 64.5 cm³/mol. The third-order valence-corrected chi connectivity index (χ3v) is 4.13. The fourth-order valence-electron chi connectivity index (χ4n) is 1.60. The molecule has 0 saturated heterocycles. The molecule has 0 aliphatic carbocycles. The lowest BCUT2D eigenvalue weighted by molar-refractivity contribution is -0.920. The van der Waals surface area contributed by atoms with Crippen LogP contribution in [0.5, 0.6) is 0 Å². The number of carbonyl (C=O) groups is 1. The van der Waals surface area contributed by atoms with E-state index in [2.05, 4.69) is 20.8 Å². The Hall–Kier alpha value is -0.0200. The van der Waals surface area contributed by atoms with Crippen LogP contribution in [0.4, 0.5) is 0 Å². The van der Waals surface area contributed by atoms with Crippen LogP contribution in [0, 0.1) is 0 Å². The van der Waals surface area contributed by atoms with Crippen LogP contribution in [0.15, 0.2) is 0 Å². The van der Waals surface area contributed by atoms with Gasteiger partial charge >= 0.3 is 0 Å². The van der Waals surface area contributed by atoms with Gasteiger partial charge in [-0.05, 0) is 20.8 Å². The van der Waals surface area contributed by atoms with Crippen molar-refractivity contribution in [3.05, 3.63) is 0 Å². The largest absolute Gasteiger partial charge is 0.324 e. The van der Waals surface area contributed by atoms with E-state index in [1.807, 2.05) is 6.92 Å². The van der Waals surface area contributed by atoms with Gasteiger partial charge in [0.1, 0.15) is 0 Å². The summed E-state index contributed by atoms with van der Waals surface area (Å²) in [6.07, 6.45) is 0.662. The Morgan fingerprint density at radius 1 is 1.07 bits per heavy atom. The highest BCUT2D eigenvalue weighted by Crippen LogP contribution is 2.11. The van der Waals surface area contributed by atoms with E-state index in [1.54, 1.807) is 0 Å². The maximum absolute atomic E-state index is 11.1. The van der Waals surface area contributed by atoms with Gasteiger partial charge in [-0.2, -0.15) is 0 Å². The van der Waals surface area contributed by atoms with Crippen LogP contribution in [-0.4, -0.2) is 41.5 Å². The molecule has 0 unspecified atom stereocenters. The first-order chi connectivity index (χ1) is 6.64. The molecule has 0 aromatic rings. The lowest BCUT2D eigenvalue weighted by Gasteiger charge is -2.35. The summed E-state index contributed by atoms with van der Waals surface area (Å²) in [7, 11) is 0. The van der Waals surface area contributed by atoms with E-state index in [-0.39, 0.29) is 0 Å². The van der Waals surface area contributed by atoms with E-state index in [4.69, 9.17) is 0 Å². The summed E-state index contributed by atoms with van der Waals surface area (Å²) in [5, 5.41) is 0.325. The van der Waals surface area contributed by atoms with Gasteiger partial charge in [0.2, 0.25) is 0 Å². The molecule has 0 rings (SSSR count). The molecule has 84 valence electrons. The molecule has 0 atom stereocenters. The van der Waals surface area contributed by atoms with Gasteiger partial charge in [0.05, 0.1) is 31.9 Å². The van der Waals surface area contributed by atoms with Gasteiger partial charge < -0.3 is 4.48 Å². The SMILES string of the molecule is CCC(=O)SCC[N+](CC)(CC)CC. The first kappa shape index (κ1) is 14.0. The molecule has 0 aliphatic heterocycles. The summed E-state index contributed by atoms with van der Waals surface area (Å²) in [6, 6.07) is 0. The van der Waals surface area contributed by atoms with E-state index in [0.717, 1.165) is 16.8 Å². The number of nitrogens with zero attached hydrogens (tertiary/aromatic N) is 1. The average Bonchev–Trinajstić information content (AvgIpc) is 2.25. The van der Waals surface area contributed by atoms with Gasteiger partial charge in [-0.3, -0.25) is 4.79 Å². The minimum Gasteiger partial charge on any atom is -0.324 e. The molecule has 0 radical (unpaired) electrons. The summed E-state index contributed by atoms with van der Waals surface area (Å²) >= 11 is 1.49. The van der Waals surface area contributed by atoms with Gasteiger partial charge in [-0.25, -0.2) is 0 Å². The molecular formula is C11H24NOS+. The second-order valence-corrected chi connectivity index (χ2v) is 4.74. The Balaban J connectivity index is 3.88. The predicted octanol–water partition coefficient (Wildman–Crippen LogP) is 2.53. The standard InChI is InChI=1S/C11H24NOS/c1-5-11(13)14-10-9-12(6-2,7-3)8-4/h5-10H2,1-4H3/q+1. The summed E-state index contributed by atoms with van der Waals surface area (Å²) in [5.74, 6) is 0.974. The van der Waals surface area contributed by atoms with Crippen molar-refractivity contribution in [1.29, 1.82) is 0 Å².